The van der Waals surface area contributed by atoms with Crippen LogP contribution in [0.5, 0.6) is 0 Å². The Labute approximate surface area is 154 Å². The van der Waals surface area contributed by atoms with Gasteiger partial charge in [-0.05, 0) is 48.9 Å². The summed E-state index contributed by atoms with van der Waals surface area (Å²) in [5, 5.41) is -0.270. The standard InChI is InChI=1S/C19H17FN2O3S/c1-2-21(16-8-6-15(20)7-9-16)18(24)14-5-3-4-13(10-14)11-22-17(23)12-26-19(22)25/h3-10H,2,11-12H2,1H3. The lowest BCUT2D eigenvalue weighted by molar-refractivity contribution is -0.125. The number of amides is 3. The van der Waals surface area contributed by atoms with Gasteiger partial charge in [0.2, 0.25) is 5.91 Å². The van der Waals surface area contributed by atoms with Gasteiger partial charge in [-0.15, -0.1) is 0 Å². The van der Waals surface area contributed by atoms with Crippen LogP contribution in [0.15, 0.2) is 48.5 Å². The van der Waals surface area contributed by atoms with Crippen LogP contribution < -0.4 is 4.90 Å². The summed E-state index contributed by atoms with van der Waals surface area (Å²) in [6.07, 6.45) is 0. The third-order valence-electron chi connectivity index (χ3n) is 4.05. The van der Waals surface area contributed by atoms with Crippen LogP contribution in [0.3, 0.4) is 0 Å². The first-order valence-corrected chi connectivity index (χ1v) is 9.11. The van der Waals surface area contributed by atoms with Gasteiger partial charge in [0.15, 0.2) is 0 Å². The van der Waals surface area contributed by atoms with Crippen LogP contribution >= 0.6 is 11.8 Å². The molecule has 26 heavy (non-hydrogen) atoms. The van der Waals surface area contributed by atoms with Crippen LogP contribution in [0.1, 0.15) is 22.8 Å². The molecule has 0 unspecified atom stereocenters. The summed E-state index contributed by atoms with van der Waals surface area (Å²) in [5.41, 5.74) is 1.75. The Hall–Kier alpha value is -2.67. The maximum atomic E-state index is 13.1. The normalized spacial score (nSPS) is 14.0. The van der Waals surface area contributed by atoms with Crippen LogP contribution in [-0.4, -0.2) is 34.3 Å². The van der Waals surface area contributed by atoms with E-state index in [-0.39, 0.29) is 35.2 Å². The lowest BCUT2D eigenvalue weighted by Gasteiger charge is -2.21. The van der Waals surface area contributed by atoms with Crippen LogP contribution in [0, 0.1) is 5.82 Å². The van der Waals surface area contributed by atoms with Crippen LogP contribution in [0.4, 0.5) is 14.9 Å². The Morgan fingerprint density at radius 2 is 1.92 bits per heavy atom. The number of anilines is 1. The summed E-state index contributed by atoms with van der Waals surface area (Å²) in [5.74, 6) is -0.657. The number of imide groups is 1. The summed E-state index contributed by atoms with van der Waals surface area (Å²) in [6.45, 7) is 2.41. The van der Waals surface area contributed by atoms with Crippen molar-refractivity contribution in [1.82, 2.24) is 4.90 Å². The molecule has 0 atom stereocenters. The summed E-state index contributed by atoms with van der Waals surface area (Å²) >= 11 is 0.982. The number of nitrogens with zero attached hydrogens (tertiary/aromatic N) is 2. The number of carbonyl (C=O) groups excluding carboxylic acids is 3. The van der Waals surface area contributed by atoms with E-state index in [0.717, 1.165) is 11.8 Å². The lowest BCUT2D eigenvalue weighted by atomic mass is 10.1. The highest BCUT2D eigenvalue weighted by Crippen LogP contribution is 2.23. The fraction of sp³-hybridized carbons (Fsp3) is 0.211. The van der Waals surface area contributed by atoms with E-state index in [4.69, 9.17) is 0 Å². The Morgan fingerprint density at radius 1 is 1.19 bits per heavy atom. The molecular formula is C19H17FN2O3S. The first-order chi connectivity index (χ1) is 12.5. The molecule has 0 aromatic heterocycles. The first-order valence-electron chi connectivity index (χ1n) is 8.13. The molecule has 1 aliphatic rings. The van der Waals surface area contributed by atoms with E-state index >= 15 is 0 Å². The van der Waals surface area contributed by atoms with Gasteiger partial charge in [-0.2, -0.15) is 0 Å². The average Bonchev–Trinajstić information content (AvgIpc) is 2.96. The molecule has 2 aromatic rings. The minimum absolute atomic E-state index is 0.147. The van der Waals surface area contributed by atoms with Gasteiger partial charge >= 0.3 is 0 Å². The minimum atomic E-state index is -0.364. The molecule has 7 heteroatoms. The van der Waals surface area contributed by atoms with Crippen molar-refractivity contribution in [3.8, 4) is 0 Å². The van der Waals surface area contributed by atoms with Crippen molar-refractivity contribution in [1.29, 1.82) is 0 Å². The smallest absolute Gasteiger partial charge is 0.289 e. The van der Waals surface area contributed by atoms with Crippen LogP contribution in [0.25, 0.3) is 0 Å². The Bertz CT molecular complexity index is 838. The highest BCUT2D eigenvalue weighted by molar-refractivity contribution is 8.14. The second-order valence-electron chi connectivity index (χ2n) is 5.76. The molecule has 5 nitrogen and oxygen atoms in total. The molecule has 134 valence electrons. The van der Waals surface area contributed by atoms with E-state index in [2.05, 4.69) is 0 Å². The summed E-state index contributed by atoms with van der Waals surface area (Å²) in [6, 6.07) is 12.6. The summed E-state index contributed by atoms with van der Waals surface area (Å²) in [7, 11) is 0. The van der Waals surface area contributed by atoms with Gasteiger partial charge in [-0.25, -0.2) is 4.39 Å². The van der Waals surface area contributed by atoms with Crippen molar-refractivity contribution >= 4 is 34.5 Å². The van der Waals surface area contributed by atoms with Gasteiger partial charge in [0.1, 0.15) is 5.82 Å². The van der Waals surface area contributed by atoms with Crippen molar-refractivity contribution in [3.63, 3.8) is 0 Å². The number of hydrogen-bond donors (Lipinski definition) is 0. The van der Waals surface area contributed by atoms with Gasteiger partial charge in [0, 0.05) is 17.8 Å². The maximum absolute atomic E-state index is 13.1. The summed E-state index contributed by atoms with van der Waals surface area (Å²) in [4.78, 5) is 39.1. The number of rotatable bonds is 5. The zero-order valence-corrected chi connectivity index (χ0v) is 15.0. The zero-order chi connectivity index (χ0) is 18.7. The van der Waals surface area contributed by atoms with Crippen molar-refractivity contribution in [2.75, 3.05) is 17.2 Å². The number of benzene rings is 2. The molecule has 0 saturated carbocycles. The zero-order valence-electron chi connectivity index (χ0n) is 14.1. The van der Waals surface area contributed by atoms with Gasteiger partial charge in [0.05, 0.1) is 12.3 Å². The molecule has 2 aromatic carbocycles. The Morgan fingerprint density at radius 3 is 2.54 bits per heavy atom. The monoisotopic (exact) mass is 372 g/mol. The van der Waals surface area contributed by atoms with E-state index in [1.807, 2.05) is 6.92 Å². The largest absolute Gasteiger partial charge is 0.309 e. The van der Waals surface area contributed by atoms with Crippen molar-refractivity contribution in [3.05, 3.63) is 65.5 Å². The molecule has 1 fully saturated rings. The third kappa shape index (κ3) is 3.77. The molecule has 1 heterocycles. The molecule has 3 rings (SSSR count). The van der Waals surface area contributed by atoms with Crippen molar-refractivity contribution in [2.24, 2.45) is 0 Å². The molecule has 0 bridgehead atoms. The molecule has 0 spiro atoms. The lowest BCUT2D eigenvalue weighted by Crippen LogP contribution is -2.31. The molecule has 1 aliphatic heterocycles. The second-order valence-corrected chi connectivity index (χ2v) is 6.69. The maximum Gasteiger partial charge on any atom is 0.289 e. The molecular weight excluding hydrogens is 355 g/mol. The molecule has 3 amide bonds. The second kappa shape index (κ2) is 7.70. The highest BCUT2D eigenvalue weighted by atomic mass is 32.2. The first kappa shape index (κ1) is 18.1. The van der Waals surface area contributed by atoms with Gasteiger partial charge in [-0.1, -0.05) is 23.9 Å². The fourth-order valence-corrected chi connectivity index (χ4v) is 3.46. The molecule has 0 aliphatic carbocycles. The van der Waals surface area contributed by atoms with Gasteiger partial charge in [0.25, 0.3) is 11.1 Å². The number of hydrogen-bond acceptors (Lipinski definition) is 4. The quantitative estimate of drug-likeness (QED) is 0.803. The molecule has 1 saturated heterocycles. The van der Waals surface area contributed by atoms with E-state index < -0.39 is 0 Å². The van der Waals surface area contributed by atoms with Crippen molar-refractivity contribution in [2.45, 2.75) is 13.5 Å². The number of carbonyl (C=O) groups is 3. The Kier molecular flexibility index (Phi) is 5.37. The fourth-order valence-electron chi connectivity index (χ4n) is 2.74. The van der Waals surface area contributed by atoms with Crippen molar-refractivity contribution < 1.29 is 18.8 Å². The van der Waals surface area contributed by atoms with E-state index in [0.29, 0.717) is 23.4 Å². The predicted octanol–water partition coefficient (Wildman–Crippen LogP) is 3.69. The van der Waals surface area contributed by atoms with Gasteiger partial charge < -0.3 is 4.90 Å². The van der Waals surface area contributed by atoms with E-state index in [1.165, 1.54) is 17.0 Å². The predicted molar refractivity (Wildman–Crippen MR) is 98.6 cm³/mol. The summed E-state index contributed by atoms with van der Waals surface area (Å²) < 4.78 is 13.1. The molecule has 0 radical (unpaired) electrons. The van der Waals surface area contributed by atoms with E-state index in [1.54, 1.807) is 41.3 Å². The average molecular weight is 372 g/mol. The third-order valence-corrected chi connectivity index (χ3v) is 4.91. The SMILES string of the molecule is CCN(C(=O)c1cccc(CN2C(=O)CSC2=O)c1)c1ccc(F)cc1. The molecule has 0 N–H and O–H groups in total. The number of halogens is 1. The topological polar surface area (TPSA) is 57.7 Å². The minimum Gasteiger partial charge on any atom is -0.309 e. The Balaban J connectivity index is 1.82. The van der Waals surface area contributed by atoms with E-state index in [9.17, 15) is 18.8 Å². The van der Waals surface area contributed by atoms with Gasteiger partial charge in [-0.3, -0.25) is 19.3 Å². The van der Waals surface area contributed by atoms with Crippen LogP contribution in [-0.2, 0) is 11.3 Å². The number of thioether (sulfide) groups is 1. The highest BCUT2D eigenvalue weighted by Gasteiger charge is 2.30. The van der Waals surface area contributed by atoms with Crippen LogP contribution in [0.2, 0.25) is 0 Å².